The Balaban J connectivity index is 1.69. The van der Waals surface area contributed by atoms with E-state index in [2.05, 4.69) is 19.0 Å². The van der Waals surface area contributed by atoms with Gasteiger partial charge >= 0.3 is 11.9 Å². The Labute approximate surface area is 173 Å². The molecule has 1 atom stereocenters. The quantitative estimate of drug-likeness (QED) is 0.577. The zero-order chi connectivity index (χ0) is 21.3. The summed E-state index contributed by atoms with van der Waals surface area (Å²) in [5.41, 5.74) is 1.23. The Morgan fingerprint density at radius 2 is 1.86 bits per heavy atom. The first-order valence-corrected chi connectivity index (χ1v) is 11.0. The summed E-state index contributed by atoms with van der Waals surface area (Å²) in [6, 6.07) is 0. The third-order valence-corrected chi connectivity index (χ3v) is 5.85. The lowest BCUT2D eigenvalue weighted by Crippen LogP contribution is -2.28. The summed E-state index contributed by atoms with van der Waals surface area (Å²) in [5.74, 6) is 0.938. The van der Waals surface area contributed by atoms with Gasteiger partial charge in [0.1, 0.15) is 11.4 Å². The standard InChI is InChI=1S/C23H35NO5/c1-13(2)8-14-9-16(10-14)21-20(15-6-7-15)18(24-29-21)11-17(22(26)27)12-19(25)28-23(3,4)5/h13-17H,6-12H2,1-5H3,(H,26,27)/t14-,16+,17-/m1/s1. The monoisotopic (exact) mass is 405 g/mol. The van der Waals surface area contributed by atoms with E-state index in [1.54, 1.807) is 20.8 Å². The largest absolute Gasteiger partial charge is 0.481 e. The second-order valence-corrected chi connectivity index (χ2v) is 10.4. The van der Waals surface area contributed by atoms with Crippen molar-refractivity contribution >= 4 is 11.9 Å². The molecule has 2 saturated carbocycles. The van der Waals surface area contributed by atoms with Crippen molar-refractivity contribution in [2.75, 3.05) is 0 Å². The van der Waals surface area contributed by atoms with Gasteiger partial charge in [0.25, 0.3) is 0 Å². The number of nitrogens with zero attached hydrogens (tertiary/aromatic N) is 1. The van der Waals surface area contributed by atoms with Gasteiger partial charge in [0.15, 0.2) is 0 Å². The molecule has 29 heavy (non-hydrogen) atoms. The molecule has 0 bridgehead atoms. The van der Waals surface area contributed by atoms with Crippen LogP contribution in [0.5, 0.6) is 0 Å². The highest BCUT2D eigenvalue weighted by Crippen LogP contribution is 2.51. The highest BCUT2D eigenvalue weighted by molar-refractivity contribution is 5.79. The fourth-order valence-electron chi connectivity index (χ4n) is 4.47. The average molecular weight is 406 g/mol. The van der Waals surface area contributed by atoms with E-state index in [0.29, 0.717) is 17.8 Å². The Morgan fingerprint density at radius 3 is 2.38 bits per heavy atom. The maximum atomic E-state index is 12.2. The minimum absolute atomic E-state index is 0.154. The fraction of sp³-hybridized carbons (Fsp3) is 0.783. The summed E-state index contributed by atoms with van der Waals surface area (Å²) in [6.07, 6.45) is 5.78. The fourth-order valence-corrected chi connectivity index (χ4v) is 4.47. The van der Waals surface area contributed by atoms with Crippen LogP contribution in [0.4, 0.5) is 0 Å². The number of carboxylic acid groups (broad SMARTS) is 1. The molecule has 0 spiro atoms. The Hall–Kier alpha value is -1.85. The number of aromatic nitrogens is 1. The number of aliphatic carboxylic acids is 1. The Morgan fingerprint density at radius 1 is 1.21 bits per heavy atom. The van der Waals surface area contributed by atoms with Gasteiger partial charge in [-0.1, -0.05) is 19.0 Å². The molecule has 1 aromatic heterocycles. The first kappa shape index (κ1) is 21.8. The molecule has 6 heteroatoms. The molecule has 162 valence electrons. The van der Waals surface area contributed by atoms with E-state index in [9.17, 15) is 14.7 Å². The highest BCUT2D eigenvalue weighted by Gasteiger charge is 2.41. The van der Waals surface area contributed by atoms with Gasteiger partial charge in [-0.2, -0.15) is 0 Å². The lowest BCUT2D eigenvalue weighted by Gasteiger charge is -2.35. The molecule has 0 amide bonds. The minimum Gasteiger partial charge on any atom is -0.481 e. The SMILES string of the molecule is CC(C)C[C@H]1C[C@@H](c2onc(C[C@H](CC(=O)OC(C)(C)C)C(=O)O)c2C2CC2)C1. The molecular formula is C23H35NO5. The van der Waals surface area contributed by atoms with Crippen molar-refractivity contribution in [3.63, 3.8) is 0 Å². The summed E-state index contributed by atoms with van der Waals surface area (Å²) in [5, 5.41) is 13.9. The predicted octanol–water partition coefficient (Wildman–Crippen LogP) is 5.07. The summed E-state index contributed by atoms with van der Waals surface area (Å²) >= 11 is 0. The van der Waals surface area contributed by atoms with Gasteiger partial charge in [-0.3, -0.25) is 9.59 Å². The first-order chi connectivity index (χ1) is 13.5. The van der Waals surface area contributed by atoms with E-state index in [0.717, 1.165) is 48.6 Å². The molecule has 2 aliphatic carbocycles. The maximum absolute atomic E-state index is 12.2. The number of hydrogen-bond donors (Lipinski definition) is 1. The summed E-state index contributed by atoms with van der Waals surface area (Å²) in [6.45, 7) is 9.85. The molecule has 6 nitrogen and oxygen atoms in total. The van der Waals surface area contributed by atoms with Crippen molar-refractivity contribution in [2.45, 2.75) is 97.0 Å². The number of carboxylic acids is 1. The van der Waals surface area contributed by atoms with Crippen LogP contribution < -0.4 is 0 Å². The van der Waals surface area contributed by atoms with Crippen LogP contribution in [0.3, 0.4) is 0 Å². The molecule has 1 heterocycles. The maximum Gasteiger partial charge on any atom is 0.307 e. The molecule has 0 saturated heterocycles. The van der Waals surface area contributed by atoms with Gasteiger partial charge in [-0.05, 0) is 70.6 Å². The topological polar surface area (TPSA) is 89.6 Å². The number of ether oxygens (including phenoxy) is 1. The zero-order valence-corrected chi connectivity index (χ0v) is 18.4. The van der Waals surface area contributed by atoms with Crippen molar-refractivity contribution in [3.05, 3.63) is 17.0 Å². The van der Waals surface area contributed by atoms with Gasteiger partial charge in [0, 0.05) is 17.9 Å². The molecule has 0 aromatic carbocycles. The minimum atomic E-state index is -0.997. The van der Waals surface area contributed by atoms with Gasteiger partial charge in [-0.15, -0.1) is 0 Å². The Bertz CT molecular complexity index is 735. The second-order valence-electron chi connectivity index (χ2n) is 10.4. The lowest BCUT2D eigenvalue weighted by atomic mass is 9.69. The molecule has 0 unspecified atom stereocenters. The molecule has 1 N–H and O–H groups in total. The molecule has 2 aliphatic rings. The van der Waals surface area contributed by atoms with Crippen molar-refractivity contribution in [1.82, 2.24) is 5.16 Å². The molecule has 0 radical (unpaired) electrons. The van der Waals surface area contributed by atoms with Gasteiger partial charge in [0.2, 0.25) is 0 Å². The molecule has 3 rings (SSSR count). The molecular weight excluding hydrogens is 370 g/mol. The van der Waals surface area contributed by atoms with Crippen LogP contribution in [0.1, 0.15) is 102 Å². The second kappa shape index (κ2) is 8.49. The van der Waals surface area contributed by atoms with Crippen LogP contribution in [-0.2, 0) is 20.7 Å². The smallest absolute Gasteiger partial charge is 0.307 e. The average Bonchev–Trinajstić information content (AvgIpc) is 3.29. The van der Waals surface area contributed by atoms with Gasteiger partial charge in [-0.25, -0.2) is 0 Å². The molecule has 1 aromatic rings. The van der Waals surface area contributed by atoms with Crippen molar-refractivity contribution in [2.24, 2.45) is 17.8 Å². The predicted molar refractivity (Wildman–Crippen MR) is 109 cm³/mol. The number of esters is 1. The number of carbonyl (C=O) groups excluding carboxylic acids is 1. The van der Waals surface area contributed by atoms with Crippen LogP contribution >= 0.6 is 0 Å². The van der Waals surface area contributed by atoms with Gasteiger partial charge < -0.3 is 14.4 Å². The van der Waals surface area contributed by atoms with Crippen LogP contribution in [0.2, 0.25) is 0 Å². The van der Waals surface area contributed by atoms with E-state index in [1.165, 1.54) is 6.42 Å². The number of rotatable bonds is 9. The van der Waals surface area contributed by atoms with E-state index in [1.807, 2.05) is 0 Å². The zero-order valence-electron chi connectivity index (χ0n) is 18.4. The van der Waals surface area contributed by atoms with E-state index >= 15 is 0 Å². The molecule has 2 fully saturated rings. The van der Waals surface area contributed by atoms with Gasteiger partial charge in [0.05, 0.1) is 18.0 Å². The normalized spacial score (nSPS) is 23.0. The number of carbonyl (C=O) groups is 2. The third kappa shape index (κ3) is 5.83. The number of hydrogen-bond acceptors (Lipinski definition) is 5. The molecule has 0 aliphatic heterocycles. The van der Waals surface area contributed by atoms with Crippen molar-refractivity contribution in [3.8, 4) is 0 Å². The summed E-state index contributed by atoms with van der Waals surface area (Å²) in [4.78, 5) is 23.9. The van der Waals surface area contributed by atoms with Crippen LogP contribution in [0.15, 0.2) is 4.52 Å². The highest BCUT2D eigenvalue weighted by atomic mass is 16.6. The van der Waals surface area contributed by atoms with E-state index in [-0.39, 0.29) is 12.8 Å². The first-order valence-electron chi connectivity index (χ1n) is 11.0. The van der Waals surface area contributed by atoms with Crippen LogP contribution in [0.25, 0.3) is 0 Å². The lowest BCUT2D eigenvalue weighted by molar-refractivity contribution is -0.159. The summed E-state index contributed by atoms with van der Waals surface area (Å²) in [7, 11) is 0. The van der Waals surface area contributed by atoms with E-state index in [4.69, 9.17) is 9.26 Å². The van der Waals surface area contributed by atoms with Crippen LogP contribution in [0, 0.1) is 17.8 Å². The summed E-state index contributed by atoms with van der Waals surface area (Å²) < 4.78 is 11.1. The van der Waals surface area contributed by atoms with Crippen molar-refractivity contribution in [1.29, 1.82) is 0 Å². The third-order valence-electron chi connectivity index (χ3n) is 5.85. The van der Waals surface area contributed by atoms with Crippen molar-refractivity contribution < 1.29 is 24.0 Å². The van der Waals surface area contributed by atoms with Crippen LogP contribution in [-0.4, -0.2) is 27.8 Å². The van der Waals surface area contributed by atoms with E-state index < -0.39 is 23.5 Å². The Kier molecular flexibility index (Phi) is 6.39.